The van der Waals surface area contributed by atoms with Crippen LogP contribution >= 0.6 is 0 Å². The Morgan fingerprint density at radius 2 is 1.40 bits per heavy atom. The monoisotopic (exact) mass is 360 g/mol. The third kappa shape index (κ3) is 14.6. The van der Waals surface area contributed by atoms with Gasteiger partial charge in [0.05, 0.1) is 33.3 Å². The van der Waals surface area contributed by atoms with Crippen molar-refractivity contribution < 1.29 is 9.59 Å². The van der Waals surface area contributed by atoms with Gasteiger partial charge in [-0.3, -0.25) is 4.90 Å². The molecule has 0 amide bonds. The molecule has 0 aliphatic rings. The smallest absolute Gasteiger partial charge is 0.0912 e. The third-order valence-corrected chi connectivity index (χ3v) is 4.93. The van der Waals surface area contributed by atoms with E-state index in [1.807, 2.05) is 7.05 Å². The second kappa shape index (κ2) is 13.9. The lowest BCUT2D eigenvalue weighted by atomic mass is 10.2. The molecule has 0 rings (SSSR count). The predicted octanol–water partition coefficient (Wildman–Crippen LogP) is 0.239. The van der Waals surface area contributed by atoms with Crippen molar-refractivity contribution in [2.75, 3.05) is 101 Å². The molecule has 0 radical (unpaired) electrons. The fraction of sp³-hybridized carbons (Fsp3) is 1.00. The number of rotatable bonds is 16. The summed E-state index contributed by atoms with van der Waals surface area (Å²) in [5.74, 6) is 0. The van der Waals surface area contributed by atoms with Gasteiger partial charge in [0.1, 0.15) is 0 Å². The summed E-state index contributed by atoms with van der Waals surface area (Å²) in [5, 5.41) is 13.1. The molecule has 0 saturated carbocycles. The topological polar surface area (TPSA) is 42.0 Å². The highest BCUT2D eigenvalue weighted by Gasteiger charge is 2.15. The number of aliphatic hydroxyl groups excluding tert-OH is 1. The maximum Gasteiger partial charge on any atom is 0.0912 e. The first-order valence-corrected chi connectivity index (χ1v) is 9.90. The number of aliphatic hydroxyl groups is 1. The molecule has 2 N–H and O–H groups in total. The van der Waals surface area contributed by atoms with Gasteiger partial charge < -0.3 is 24.7 Å². The summed E-state index contributed by atoms with van der Waals surface area (Å²) in [6.07, 6.45) is 1.76. The summed E-state index contributed by atoms with van der Waals surface area (Å²) >= 11 is 0. The molecule has 0 aromatic carbocycles. The molecule has 0 aromatic rings. The fourth-order valence-electron chi connectivity index (χ4n) is 2.75. The van der Waals surface area contributed by atoms with Crippen molar-refractivity contribution in [3.63, 3.8) is 0 Å². The minimum atomic E-state index is -0.184. The van der Waals surface area contributed by atoms with E-state index in [4.69, 9.17) is 0 Å². The number of nitrogens with one attached hydrogen (secondary N) is 1. The van der Waals surface area contributed by atoms with Crippen LogP contribution in [-0.4, -0.2) is 132 Å². The van der Waals surface area contributed by atoms with E-state index in [0.29, 0.717) is 0 Å². The third-order valence-electron chi connectivity index (χ3n) is 4.93. The second-order valence-corrected chi connectivity index (χ2v) is 8.30. The molecule has 0 aliphatic heterocycles. The molecule has 6 nitrogen and oxygen atoms in total. The normalized spacial score (nSPS) is 14.0. The van der Waals surface area contributed by atoms with Crippen LogP contribution in [0.4, 0.5) is 0 Å². The SMILES string of the molecule is CCCC(O)CN(C)CCN(C)CCN(C)CC[N+](C)(C)CCNC. The van der Waals surface area contributed by atoms with Gasteiger partial charge in [-0.05, 0) is 34.6 Å². The van der Waals surface area contributed by atoms with Gasteiger partial charge in [0.15, 0.2) is 0 Å². The molecule has 1 atom stereocenters. The van der Waals surface area contributed by atoms with Crippen molar-refractivity contribution in [1.29, 1.82) is 0 Å². The van der Waals surface area contributed by atoms with Crippen LogP contribution in [0.15, 0.2) is 0 Å². The van der Waals surface area contributed by atoms with E-state index in [2.05, 4.69) is 62.2 Å². The summed E-state index contributed by atoms with van der Waals surface area (Å²) in [5.41, 5.74) is 0. The summed E-state index contributed by atoms with van der Waals surface area (Å²) in [4.78, 5) is 7.06. The largest absolute Gasteiger partial charge is 0.392 e. The molecule has 0 saturated heterocycles. The van der Waals surface area contributed by atoms with E-state index < -0.39 is 0 Å². The highest BCUT2D eigenvalue weighted by molar-refractivity contribution is 4.64. The van der Waals surface area contributed by atoms with Crippen molar-refractivity contribution in [3.8, 4) is 0 Å². The maximum atomic E-state index is 9.87. The summed E-state index contributed by atoms with van der Waals surface area (Å²) in [6, 6.07) is 0. The van der Waals surface area contributed by atoms with Crippen LogP contribution in [0.1, 0.15) is 19.8 Å². The standard InChI is InChI=1S/C19H46N5O/c1-8-9-19(25)18-23(5)14-13-21(3)11-12-22(4)15-17-24(6,7)16-10-20-2/h19-20,25H,8-18H2,1-7H3/q+1. The van der Waals surface area contributed by atoms with Gasteiger partial charge in [-0.1, -0.05) is 13.3 Å². The van der Waals surface area contributed by atoms with E-state index in [0.717, 1.165) is 63.1 Å². The Bertz CT molecular complexity index is 314. The van der Waals surface area contributed by atoms with Crippen LogP contribution < -0.4 is 5.32 Å². The van der Waals surface area contributed by atoms with Gasteiger partial charge in [0.25, 0.3) is 0 Å². The molecule has 6 heteroatoms. The van der Waals surface area contributed by atoms with Crippen molar-refractivity contribution in [3.05, 3.63) is 0 Å². The van der Waals surface area contributed by atoms with Crippen molar-refractivity contribution in [2.45, 2.75) is 25.9 Å². The fourth-order valence-corrected chi connectivity index (χ4v) is 2.75. The van der Waals surface area contributed by atoms with E-state index in [-0.39, 0.29) is 6.10 Å². The minimum Gasteiger partial charge on any atom is -0.392 e. The van der Waals surface area contributed by atoms with Gasteiger partial charge in [-0.15, -0.1) is 0 Å². The Kier molecular flexibility index (Phi) is 13.8. The summed E-state index contributed by atoms with van der Waals surface area (Å²) < 4.78 is 1.06. The zero-order valence-corrected chi connectivity index (χ0v) is 18.1. The predicted molar refractivity (Wildman–Crippen MR) is 109 cm³/mol. The molecule has 0 heterocycles. The van der Waals surface area contributed by atoms with Crippen molar-refractivity contribution >= 4 is 0 Å². The number of likely N-dealkylation sites (N-methyl/N-ethyl adjacent to an activating group) is 5. The average molecular weight is 361 g/mol. The van der Waals surface area contributed by atoms with E-state index in [1.165, 1.54) is 13.1 Å². The summed E-state index contributed by atoms with van der Waals surface area (Å²) in [7, 11) is 13.1. The van der Waals surface area contributed by atoms with Gasteiger partial charge in [-0.2, -0.15) is 0 Å². The highest BCUT2D eigenvalue weighted by atomic mass is 16.3. The van der Waals surface area contributed by atoms with Gasteiger partial charge in [-0.25, -0.2) is 0 Å². The number of hydrogen-bond donors (Lipinski definition) is 2. The van der Waals surface area contributed by atoms with Crippen molar-refractivity contribution in [2.24, 2.45) is 0 Å². The van der Waals surface area contributed by atoms with Gasteiger partial charge in [0.2, 0.25) is 0 Å². The van der Waals surface area contributed by atoms with Crippen LogP contribution in [0.2, 0.25) is 0 Å². The van der Waals surface area contributed by atoms with E-state index in [9.17, 15) is 5.11 Å². The number of quaternary nitrogens is 1. The minimum absolute atomic E-state index is 0.184. The Morgan fingerprint density at radius 1 is 0.880 bits per heavy atom. The number of hydrogen-bond acceptors (Lipinski definition) is 5. The average Bonchev–Trinajstić information content (AvgIpc) is 2.54. The molecule has 0 spiro atoms. The highest BCUT2D eigenvalue weighted by Crippen LogP contribution is 1.99. The Morgan fingerprint density at radius 3 is 1.92 bits per heavy atom. The molecular formula is C19H46N5O+. The summed E-state index contributed by atoms with van der Waals surface area (Å²) in [6.45, 7) is 11.7. The zero-order valence-electron chi connectivity index (χ0n) is 18.1. The molecular weight excluding hydrogens is 314 g/mol. The Hall–Kier alpha value is -0.240. The van der Waals surface area contributed by atoms with Crippen LogP contribution in [0, 0.1) is 0 Å². The number of nitrogens with zero attached hydrogens (tertiary/aromatic N) is 4. The Labute approximate surface area is 157 Å². The quantitative estimate of drug-likeness (QED) is 0.386. The molecule has 0 bridgehead atoms. The first-order chi connectivity index (χ1) is 11.7. The lowest BCUT2D eigenvalue weighted by Crippen LogP contribution is -2.48. The first kappa shape index (κ1) is 24.8. The maximum absolute atomic E-state index is 9.87. The van der Waals surface area contributed by atoms with Crippen LogP contribution in [0.3, 0.4) is 0 Å². The first-order valence-electron chi connectivity index (χ1n) is 9.90. The molecule has 0 aromatic heterocycles. The molecule has 0 aliphatic carbocycles. The zero-order chi connectivity index (χ0) is 19.3. The van der Waals surface area contributed by atoms with E-state index >= 15 is 0 Å². The Balaban J connectivity index is 3.84. The molecule has 1 unspecified atom stereocenters. The lowest BCUT2D eigenvalue weighted by molar-refractivity contribution is -0.888. The van der Waals surface area contributed by atoms with Gasteiger partial charge in [0, 0.05) is 45.8 Å². The van der Waals surface area contributed by atoms with Crippen LogP contribution in [-0.2, 0) is 0 Å². The van der Waals surface area contributed by atoms with Gasteiger partial charge >= 0.3 is 0 Å². The lowest BCUT2D eigenvalue weighted by Gasteiger charge is -2.32. The van der Waals surface area contributed by atoms with Crippen LogP contribution in [0.5, 0.6) is 0 Å². The molecule has 25 heavy (non-hydrogen) atoms. The van der Waals surface area contributed by atoms with Crippen molar-refractivity contribution in [1.82, 2.24) is 20.0 Å². The second-order valence-electron chi connectivity index (χ2n) is 8.30. The molecule has 152 valence electrons. The molecule has 0 fully saturated rings. The van der Waals surface area contributed by atoms with E-state index in [1.54, 1.807) is 0 Å². The van der Waals surface area contributed by atoms with Crippen LogP contribution in [0.25, 0.3) is 0 Å².